The summed E-state index contributed by atoms with van der Waals surface area (Å²) < 4.78 is 15.4. The van der Waals surface area contributed by atoms with Gasteiger partial charge in [0.1, 0.15) is 0 Å². The maximum Gasteiger partial charge on any atom is 0.328 e. The number of carboxylic acids is 1. The van der Waals surface area contributed by atoms with Gasteiger partial charge in [-0.05, 0) is 12.1 Å². The van der Waals surface area contributed by atoms with E-state index in [9.17, 15) is 4.79 Å². The number of hydrogen-bond donors (Lipinski definition) is 1. The van der Waals surface area contributed by atoms with Gasteiger partial charge in [-0.2, -0.15) is 4.98 Å². The summed E-state index contributed by atoms with van der Waals surface area (Å²) in [7, 11) is 1.50. The number of carboxylic acid groups (broad SMARTS) is 1. The monoisotopic (exact) mass is 276 g/mol. The standard InChI is InChI=1S/C13H12N2O5/c1-18-10-4-2-3-9(5-6-12(16)17)13(10)19-7-11-14-8-20-15-11/h2-6,8H,7H2,1H3,(H,16,17)/b6-5+. The van der Waals surface area contributed by atoms with Crippen molar-refractivity contribution in [1.82, 2.24) is 10.1 Å². The molecule has 1 aromatic carbocycles. The van der Waals surface area contributed by atoms with E-state index in [4.69, 9.17) is 14.6 Å². The predicted molar refractivity (Wildman–Crippen MR) is 68.3 cm³/mol. The van der Waals surface area contributed by atoms with Crippen molar-refractivity contribution in [3.63, 3.8) is 0 Å². The average molecular weight is 276 g/mol. The van der Waals surface area contributed by atoms with Crippen LogP contribution in [0.5, 0.6) is 11.5 Å². The molecule has 2 rings (SSSR count). The minimum Gasteiger partial charge on any atom is -0.493 e. The zero-order valence-corrected chi connectivity index (χ0v) is 10.6. The third kappa shape index (κ3) is 3.35. The summed E-state index contributed by atoms with van der Waals surface area (Å²) >= 11 is 0. The molecule has 1 aromatic heterocycles. The van der Waals surface area contributed by atoms with E-state index in [1.807, 2.05) is 0 Å². The molecule has 0 atom stereocenters. The van der Waals surface area contributed by atoms with Crippen molar-refractivity contribution in [2.24, 2.45) is 0 Å². The number of carbonyl (C=O) groups is 1. The molecule has 0 spiro atoms. The lowest BCUT2D eigenvalue weighted by Gasteiger charge is -2.11. The van der Waals surface area contributed by atoms with Crippen LogP contribution in [0, 0.1) is 0 Å². The number of aromatic nitrogens is 2. The highest BCUT2D eigenvalue weighted by Gasteiger charge is 2.10. The third-order valence-corrected chi connectivity index (χ3v) is 2.39. The highest BCUT2D eigenvalue weighted by atomic mass is 16.5. The molecule has 0 bridgehead atoms. The summed E-state index contributed by atoms with van der Waals surface area (Å²) in [6, 6.07) is 5.17. The van der Waals surface area contributed by atoms with Crippen molar-refractivity contribution in [2.45, 2.75) is 6.61 Å². The lowest BCUT2D eigenvalue weighted by atomic mass is 10.1. The first-order valence-corrected chi connectivity index (χ1v) is 5.66. The van der Waals surface area contributed by atoms with Crippen molar-refractivity contribution in [1.29, 1.82) is 0 Å². The van der Waals surface area contributed by atoms with Crippen molar-refractivity contribution < 1.29 is 23.9 Å². The van der Waals surface area contributed by atoms with Gasteiger partial charge in [-0.1, -0.05) is 17.3 Å². The summed E-state index contributed by atoms with van der Waals surface area (Å²) in [4.78, 5) is 14.4. The van der Waals surface area contributed by atoms with E-state index in [-0.39, 0.29) is 6.61 Å². The summed E-state index contributed by atoms with van der Waals surface area (Å²) in [5, 5.41) is 12.3. The van der Waals surface area contributed by atoms with Crippen LogP contribution in [-0.4, -0.2) is 28.3 Å². The molecule has 0 aliphatic carbocycles. The second kappa shape index (κ2) is 6.37. The molecule has 1 N–H and O–H groups in total. The highest BCUT2D eigenvalue weighted by Crippen LogP contribution is 2.32. The SMILES string of the molecule is COc1cccc(/C=C/C(=O)O)c1OCc1ncon1. The number of hydrogen-bond acceptors (Lipinski definition) is 6. The number of rotatable bonds is 6. The van der Waals surface area contributed by atoms with Gasteiger partial charge in [0.25, 0.3) is 0 Å². The van der Waals surface area contributed by atoms with Gasteiger partial charge in [0, 0.05) is 11.6 Å². The molecular weight excluding hydrogens is 264 g/mol. The van der Waals surface area contributed by atoms with E-state index in [1.54, 1.807) is 18.2 Å². The van der Waals surface area contributed by atoms with Gasteiger partial charge in [0.05, 0.1) is 7.11 Å². The van der Waals surface area contributed by atoms with Crippen molar-refractivity contribution >= 4 is 12.0 Å². The Bertz CT molecular complexity index is 607. The molecule has 1 heterocycles. The molecule has 0 saturated carbocycles. The molecule has 7 nitrogen and oxygen atoms in total. The van der Waals surface area contributed by atoms with E-state index < -0.39 is 5.97 Å². The van der Waals surface area contributed by atoms with Gasteiger partial charge in [0.15, 0.2) is 18.1 Å². The Morgan fingerprint density at radius 3 is 3.00 bits per heavy atom. The van der Waals surface area contributed by atoms with Crippen LogP contribution in [0.4, 0.5) is 0 Å². The molecule has 0 saturated heterocycles. The lowest BCUT2D eigenvalue weighted by Crippen LogP contribution is -2.01. The van der Waals surface area contributed by atoms with Gasteiger partial charge in [-0.15, -0.1) is 0 Å². The minimum atomic E-state index is -1.04. The zero-order valence-electron chi connectivity index (χ0n) is 10.6. The topological polar surface area (TPSA) is 94.7 Å². The second-order valence-corrected chi connectivity index (χ2v) is 3.69. The molecule has 104 valence electrons. The molecule has 2 aromatic rings. The Morgan fingerprint density at radius 1 is 1.50 bits per heavy atom. The number of nitrogens with zero attached hydrogens (tertiary/aromatic N) is 2. The Morgan fingerprint density at radius 2 is 2.35 bits per heavy atom. The van der Waals surface area contributed by atoms with Gasteiger partial charge in [0.2, 0.25) is 12.2 Å². The quantitative estimate of drug-likeness (QED) is 0.803. The fraction of sp³-hybridized carbons (Fsp3) is 0.154. The average Bonchev–Trinajstić information content (AvgIpc) is 2.96. The fourth-order valence-corrected chi connectivity index (χ4v) is 1.53. The van der Waals surface area contributed by atoms with E-state index in [0.717, 1.165) is 6.08 Å². The van der Waals surface area contributed by atoms with Crippen LogP contribution < -0.4 is 9.47 Å². The molecule has 0 aliphatic heterocycles. The van der Waals surface area contributed by atoms with Crippen LogP contribution >= 0.6 is 0 Å². The van der Waals surface area contributed by atoms with Gasteiger partial charge in [-0.25, -0.2) is 4.79 Å². The molecular formula is C13H12N2O5. The number of methoxy groups -OCH3 is 1. The molecule has 7 heteroatoms. The summed E-state index contributed by atoms with van der Waals surface area (Å²) in [5.74, 6) is 0.236. The molecule has 0 radical (unpaired) electrons. The Hall–Kier alpha value is -2.83. The number of benzene rings is 1. The number of ether oxygens (including phenoxy) is 2. The number of aliphatic carboxylic acids is 1. The van der Waals surface area contributed by atoms with Crippen LogP contribution in [0.25, 0.3) is 6.08 Å². The largest absolute Gasteiger partial charge is 0.493 e. The van der Waals surface area contributed by atoms with Crippen LogP contribution in [0.1, 0.15) is 11.4 Å². The maximum absolute atomic E-state index is 10.6. The third-order valence-electron chi connectivity index (χ3n) is 2.39. The van der Waals surface area contributed by atoms with Gasteiger partial charge >= 0.3 is 5.97 Å². The highest BCUT2D eigenvalue weighted by molar-refractivity contribution is 5.86. The first kappa shape index (κ1) is 13.6. The van der Waals surface area contributed by atoms with Crippen molar-refractivity contribution in [3.8, 4) is 11.5 Å². The summed E-state index contributed by atoms with van der Waals surface area (Å²) in [6.07, 6.45) is 3.65. The maximum atomic E-state index is 10.6. The van der Waals surface area contributed by atoms with Crippen LogP contribution in [0.15, 0.2) is 35.2 Å². The smallest absolute Gasteiger partial charge is 0.328 e. The van der Waals surface area contributed by atoms with Gasteiger partial charge in [-0.3, -0.25) is 0 Å². The lowest BCUT2D eigenvalue weighted by molar-refractivity contribution is -0.131. The Kier molecular flexibility index (Phi) is 4.33. The van der Waals surface area contributed by atoms with Crippen molar-refractivity contribution in [2.75, 3.05) is 7.11 Å². The van der Waals surface area contributed by atoms with E-state index in [0.29, 0.717) is 22.9 Å². The summed E-state index contributed by atoms with van der Waals surface area (Å²) in [6.45, 7) is 0.0881. The molecule has 0 amide bonds. The Labute approximate surface area is 114 Å². The molecule has 0 aliphatic rings. The molecule has 20 heavy (non-hydrogen) atoms. The predicted octanol–water partition coefficient (Wildman–Crippen LogP) is 1.75. The van der Waals surface area contributed by atoms with E-state index in [1.165, 1.54) is 19.6 Å². The zero-order chi connectivity index (χ0) is 14.4. The first-order chi connectivity index (χ1) is 9.70. The van der Waals surface area contributed by atoms with Crippen LogP contribution in [0.3, 0.4) is 0 Å². The first-order valence-electron chi connectivity index (χ1n) is 5.66. The summed E-state index contributed by atoms with van der Waals surface area (Å²) in [5.41, 5.74) is 0.579. The second-order valence-electron chi connectivity index (χ2n) is 3.69. The van der Waals surface area contributed by atoms with E-state index >= 15 is 0 Å². The van der Waals surface area contributed by atoms with Crippen molar-refractivity contribution in [3.05, 3.63) is 42.1 Å². The van der Waals surface area contributed by atoms with Gasteiger partial charge < -0.3 is 19.1 Å². The van der Waals surface area contributed by atoms with Crippen LogP contribution in [-0.2, 0) is 11.4 Å². The Balaban J connectivity index is 2.25. The normalized spacial score (nSPS) is 10.7. The molecule has 0 unspecified atom stereocenters. The number of para-hydroxylation sites is 1. The molecule has 0 fully saturated rings. The van der Waals surface area contributed by atoms with Crippen LogP contribution in [0.2, 0.25) is 0 Å². The van der Waals surface area contributed by atoms with E-state index in [2.05, 4.69) is 14.7 Å². The fourth-order valence-electron chi connectivity index (χ4n) is 1.53. The minimum absolute atomic E-state index is 0.0881.